The third-order valence-electron chi connectivity index (χ3n) is 5.51. The van der Waals surface area contributed by atoms with Crippen LogP contribution in [0.3, 0.4) is 0 Å². The smallest absolute Gasteiger partial charge is 0.338 e. The molecule has 1 N–H and O–H groups in total. The summed E-state index contributed by atoms with van der Waals surface area (Å²) in [7, 11) is -1.98. The highest BCUT2D eigenvalue weighted by Crippen LogP contribution is 2.26. The molecular weight excluding hydrogens is 416 g/mol. The van der Waals surface area contributed by atoms with Crippen LogP contribution in [0.1, 0.15) is 59.7 Å². The summed E-state index contributed by atoms with van der Waals surface area (Å²) < 4.78 is 32.3. The average molecular weight is 445 g/mol. The molecule has 1 aliphatic rings. The number of carbonyl (C=O) groups is 2. The highest BCUT2D eigenvalue weighted by molar-refractivity contribution is 7.89. The summed E-state index contributed by atoms with van der Waals surface area (Å²) in [5, 5.41) is 2.72. The second-order valence-electron chi connectivity index (χ2n) is 7.59. The van der Waals surface area contributed by atoms with E-state index in [0.717, 1.165) is 32.1 Å². The van der Waals surface area contributed by atoms with Crippen molar-refractivity contribution in [2.75, 3.05) is 19.0 Å². The van der Waals surface area contributed by atoms with Gasteiger partial charge in [0.2, 0.25) is 10.0 Å². The first-order valence-corrected chi connectivity index (χ1v) is 11.9. The van der Waals surface area contributed by atoms with Crippen LogP contribution >= 0.6 is 0 Å². The first-order chi connectivity index (χ1) is 14.8. The van der Waals surface area contributed by atoms with E-state index in [0.29, 0.717) is 16.8 Å². The van der Waals surface area contributed by atoms with Crippen LogP contribution in [0.25, 0.3) is 0 Å². The molecule has 2 aromatic rings. The van der Waals surface area contributed by atoms with Crippen molar-refractivity contribution in [1.82, 2.24) is 4.31 Å². The number of carbonyl (C=O) groups excluding carboxylic acids is 2. The minimum absolute atomic E-state index is 0.0217. The van der Waals surface area contributed by atoms with Crippen LogP contribution in [-0.2, 0) is 14.8 Å². The van der Waals surface area contributed by atoms with Gasteiger partial charge in [0.25, 0.3) is 5.91 Å². The van der Waals surface area contributed by atoms with Crippen molar-refractivity contribution in [2.24, 2.45) is 0 Å². The second kappa shape index (κ2) is 10.1. The number of sulfonamides is 1. The molecule has 3 rings (SSSR count). The Morgan fingerprint density at radius 3 is 2.35 bits per heavy atom. The minimum atomic E-state index is -3.61. The first kappa shape index (κ1) is 23.0. The molecule has 0 saturated heterocycles. The summed E-state index contributed by atoms with van der Waals surface area (Å²) in [6.45, 7) is 1.99. The highest BCUT2D eigenvalue weighted by atomic mass is 32.2. The summed E-state index contributed by atoms with van der Waals surface area (Å²) >= 11 is 0. The van der Waals surface area contributed by atoms with Crippen molar-refractivity contribution in [3.05, 3.63) is 59.7 Å². The van der Waals surface area contributed by atoms with Gasteiger partial charge in [-0.2, -0.15) is 4.31 Å². The number of nitrogens with one attached hydrogen (secondary N) is 1. The molecule has 8 heteroatoms. The number of hydrogen-bond donors (Lipinski definition) is 1. The molecule has 0 atom stereocenters. The molecule has 2 aromatic carbocycles. The molecule has 0 unspecified atom stereocenters. The summed E-state index contributed by atoms with van der Waals surface area (Å²) in [6.07, 6.45) is 4.99. The van der Waals surface area contributed by atoms with Crippen LogP contribution in [-0.4, -0.2) is 44.3 Å². The van der Waals surface area contributed by atoms with E-state index in [9.17, 15) is 18.0 Å². The maximum Gasteiger partial charge on any atom is 0.338 e. The van der Waals surface area contributed by atoms with Crippen LogP contribution in [0, 0.1) is 0 Å². The van der Waals surface area contributed by atoms with E-state index in [4.69, 9.17) is 4.74 Å². The molecule has 0 heterocycles. The number of benzene rings is 2. The van der Waals surface area contributed by atoms with E-state index < -0.39 is 21.9 Å². The lowest BCUT2D eigenvalue weighted by Gasteiger charge is -2.30. The fourth-order valence-corrected chi connectivity index (χ4v) is 5.14. The van der Waals surface area contributed by atoms with Crippen LogP contribution in [0.5, 0.6) is 0 Å². The molecule has 166 valence electrons. The van der Waals surface area contributed by atoms with Gasteiger partial charge in [-0.15, -0.1) is 0 Å². The molecule has 0 bridgehead atoms. The molecule has 0 radical (unpaired) electrons. The topological polar surface area (TPSA) is 92.8 Å². The zero-order valence-corrected chi connectivity index (χ0v) is 18.7. The zero-order valence-electron chi connectivity index (χ0n) is 17.8. The van der Waals surface area contributed by atoms with Crippen molar-refractivity contribution in [1.29, 1.82) is 0 Å². The van der Waals surface area contributed by atoms with Gasteiger partial charge in [0.1, 0.15) is 0 Å². The summed E-state index contributed by atoms with van der Waals surface area (Å²) in [5.74, 6) is -0.860. The number of anilines is 1. The van der Waals surface area contributed by atoms with Crippen LogP contribution in [0.15, 0.2) is 53.4 Å². The Labute approximate surface area is 183 Å². The fourth-order valence-electron chi connectivity index (χ4n) is 3.73. The van der Waals surface area contributed by atoms with Crippen molar-refractivity contribution >= 4 is 27.6 Å². The summed E-state index contributed by atoms with van der Waals surface area (Å²) in [6, 6.07) is 12.4. The van der Waals surface area contributed by atoms with Gasteiger partial charge in [0.15, 0.2) is 0 Å². The molecule has 31 heavy (non-hydrogen) atoms. The van der Waals surface area contributed by atoms with Crippen molar-refractivity contribution in [2.45, 2.75) is 50.0 Å². The molecule has 0 aliphatic heterocycles. The Bertz CT molecular complexity index is 1030. The van der Waals surface area contributed by atoms with Gasteiger partial charge in [-0.3, -0.25) is 4.79 Å². The number of esters is 1. The van der Waals surface area contributed by atoms with Gasteiger partial charge >= 0.3 is 5.97 Å². The van der Waals surface area contributed by atoms with E-state index in [1.165, 1.54) is 34.6 Å². The van der Waals surface area contributed by atoms with Crippen molar-refractivity contribution in [3.8, 4) is 0 Å². The van der Waals surface area contributed by atoms with E-state index in [2.05, 4.69) is 5.32 Å². The second-order valence-corrected chi connectivity index (χ2v) is 9.59. The van der Waals surface area contributed by atoms with E-state index in [1.54, 1.807) is 32.2 Å². The molecule has 1 aliphatic carbocycles. The van der Waals surface area contributed by atoms with Crippen LogP contribution in [0.2, 0.25) is 0 Å². The van der Waals surface area contributed by atoms with Crippen molar-refractivity contribution < 1.29 is 22.7 Å². The Kier molecular flexibility index (Phi) is 7.46. The molecular formula is C23H28N2O5S. The number of hydrogen-bond acceptors (Lipinski definition) is 5. The molecule has 1 fully saturated rings. The predicted octanol–water partition coefficient (Wildman–Crippen LogP) is 4.07. The highest BCUT2D eigenvalue weighted by Gasteiger charge is 2.29. The fraction of sp³-hybridized carbons (Fsp3) is 0.391. The van der Waals surface area contributed by atoms with Gasteiger partial charge < -0.3 is 10.1 Å². The lowest BCUT2D eigenvalue weighted by molar-refractivity contribution is 0.0526. The minimum Gasteiger partial charge on any atom is -0.462 e. The third kappa shape index (κ3) is 5.51. The quantitative estimate of drug-likeness (QED) is 0.650. The Morgan fingerprint density at radius 1 is 1.03 bits per heavy atom. The predicted molar refractivity (Wildman–Crippen MR) is 119 cm³/mol. The molecule has 0 spiro atoms. The van der Waals surface area contributed by atoms with Gasteiger partial charge in [-0.05, 0) is 62.2 Å². The lowest BCUT2D eigenvalue weighted by atomic mass is 9.96. The number of ether oxygens (including phenoxy) is 1. The van der Waals surface area contributed by atoms with Crippen LogP contribution < -0.4 is 5.32 Å². The molecule has 7 nitrogen and oxygen atoms in total. The van der Waals surface area contributed by atoms with Gasteiger partial charge in [-0.1, -0.05) is 25.3 Å². The maximum atomic E-state index is 12.9. The molecule has 1 saturated carbocycles. The Hall–Kier alpha value is -2.71. The monoisotopic (exact) mass is 444 g/mol. The zero-order chi connectivity index (χ0) is 22.4. The lowest BCUT2D eigenvalue weighted by Crippen LogP contribution is -2.38. The van der Waals surface area contributed by atoms with Crippen LogP contribution in [0.4, 0.5) is 5.69 Å². The molecule has 0 aromatic heterocycles. The number of amides is 1. The van der Waals surface area contributed by atoms with Gasteiger partial charge in [0, 0.05) is 24.3 Å². The third-order valence-corrected chi connectivity index (χ3v) is 7.44. The maximum absolute atomic E-state index is 12.9. The Balaban J connectivity index is 1.70. The van der Waals surface area contributed by atoms with E-state index in [-0.39, 0.29) is 17.5 Å². The van der Waals surface area contributed by atoms with E-state index >= 15 is 0 Å². The summed E-state index contributed by atoms with van der Waals surface area (Å²) in [4.78, 5) is 24.6. The number of nitrogens with zero attached hydrogens (tertiary/aromatic N) is 1. The normalized spacial score (nSPS) is 14.9. The SMILES string of the molecule is CCOC(=O)c1cccc(NC(=O)c2ccc(S(=O)(=O)N(C)C3CCCCC3)cc2)c1. The summed E-state index contributed by atoms with van der Waals surface area (Å²) in [5.41, 5.74) is 1.11. The average Bonchev–Trinajstić information content (AvgIpc) is 2.79. The van der Waals surface area contributed by atoms with Gasteiger partial charge in [-0.25, -0.2) is 13.2 Å². The van der Waals surface area contributed by atoms with Gasteiger partial charge in [0.05, 0.1) is 17.1 Å². The largest absolute Gasteiger partial charge is 0.462 e. The first-order valence-electron chi connectivity index (χ1n) is 10.5. The standard InChI is InChI=1S/C23H28N2O5S/c1-3-30-23(27)18-8-7-9-19(16-18)24-22(26)17-12-14-21(15-13-17)31(28,29)25(2)20-10-5-4-6-11-20/h7-9,12-16,20H,3-6,10-11H2,1-2H3,(H,24,26). The number of rotatable bonds is 7. The van der Waals surface area contributed by atoms with Crippen molar-refractivity contribution in [3.63, 3.8) is 0 Å². The Morgan fingerprint density at radius 2 is 1.71 bits per heavy atom. The molecule has 1 amide bonds. The van der Waals surface area contributed by atoms with E-state index in [1.807, 2.05) is 0 Å².